The van der Waals surface area contributed by atoms with E-state index in [1.165, 1.54) is 0 Å². The molecule has 0 fully saturated rings. The lowest BCUT2D eigenvalue weighted by Crippen LogP contribution is -2.12. The summed E-state index contributed by atoms with van der Waals surface area (Å²) in [5.74, 6) is 1.79. The predicted octanol–water partition coefficient (Wildman–Crippen LogP) is 4.07. The topological polar surface area (TPSA) is 67.0 Å². The van der Waals surface area contributed by atoms with Crippen LogP contribution in [0.2, 0.25) is 0 Å². The van der Waals surface area contributed by atoms with Crippen LogP contribution in [0.4, 0.5) is 5.82 Å². The number of H-pyrrole nitrogens is 1. The van der Waals surface area contributed by atoms with E-state index in [9.17, 15) is 4.79 Å². The molecule has 1 atom stereocenters. The average molecular weight is 365 g/mol. The summed E-state index contributed by atoms with van der Waals surface area (Å²) in [6.07, 6.45) is 0. The molecule has 26 heavy (non-hydrogen) atoms. The summed E-state index contributed by atoms with van der Waals surface area (Å²) < 4.78 is 6.13. The quantitative estimate of drug-likeness (QED) is 0.731. The van der Waals surface area contributed by atoms with E-state index in [1.54, 1.807) is 11.8 Å². The summed E-state index contributed by atoms with van der Waals surface area (Å²) in [4.78, 5) is 12.0. The SMILES string of the molecule is Cc1[nH]nc2c1[C@H](c1ccccc1OCc1ccccc1)SCC(=O)N2. The summed E-state index contributed by atoms with van der Waals surface area (Å²) in [5.41, 5.74) is 4.14. The molecule has 132 valence electrons. The van der Waals surface area contributed by atoms with Crippen LogP contribution in [0.5, 0.6) is 5.75 Å². The van der Waals surface area contributed by atoms with E-state index in [0.29, 0.717) is 18.2 Å². The van der Waals surface area contributed by atoms with Gasteiger partial charge in [0.25, 0.3) is 0 Å². The van der Waals surface area contributed by atoms with E-state index in [0.717, 1.165) is 28.1 Å². The second kappa shape index (κ2) is 7.25. The molecule has 0 bridgehead atoms. The van der Waals surface area contributed by atoms with Crippen molar-refractivity contribution in [2.45, 2.75) is 18.8 Å². The number of amides is 1. The van der Waals surface area contributed by atoms with Crippen molar-refractivity contribution >= 4 is 23.5 Å². The second-order valence-corrected chi connectivity index (χ2v) is 7.26. The van der Waals surface area contributed by atoms with Crippen molar-refractivity contribution in [2.24, 2.45) is 0 Å². The first kappa shape index (κ1) is 16.7. The lowest BCUT2D eigenvalue weighted by atomic mass is 10.0. The molecule has 1 aromatic heterocycles. The van der Waals surface area contributed by atoms with Crippen molar-refractivity contribution in [2.75, 3.05) is 11.1 Å². The Hall–Kier alpha value is -2.73. The Kier molecular flexibility index (Phi) is 4.67. The van der Waals surface area contributed by atoms with E-state index in [2.05, 4.69) is 21.6 Å². The van der Waals surface area contributed by atoms with Crippen LogP contribution in [-0.4, -0.2) is 21.9 Å². The third kappa shape index (κ3) is 3.32. The number of thioether (sulfide) groups is 1. The number of para-hydroxylation sites is 1. The molecule has 0 saturated heterocycles. The maximum atomic E-state index is 12.0. The average Bonchev–Trinajstić information content (AvgIpc) is 2.93. The van der Waals surface area contributed by atoms with Crippen LogP contribution in [-0.2, 0) is 11.4 Å². The van der Waals surface area contributed by atoms with Crippen LogP contribution in [0.25, 0.3) is 0 Å². The third-order valence-corrected chi connectivity index (χ3v) is 5.59. The fourth-order valence-electron chi connectivity index (χ4n) is 3.07. The molecule has 1 aliphatic heterocycles. The highest BCUT2D eigenvalue weighted by atomic mass is 32.2. The number of nitrogens with zero attached hydrogens (tertiary/aromatic N) is 1. The van der Waals surface area contributed by atoms with E-state index in [4.69, 9.17) is 4.74 Å². The first-order valence-electron chi connectivity index (χ1n) is 8.44. The zero-order chi connectivity index (χ0) is 17.9. The summed E-state index contributed by atoms with van der Waals surface area (Å²) in [6, 6.07) is 18.1. The number of ether oxygens (including phenoxy) is 1. The van der Waals surface area contributed by atoms with Crippen molar-refractivity contribution in [1.29, 1.82) is 0 Å². The lowest BCUT2D eigenvalue weighted by Gasteiger charge is -2.19. The molecule has 1 aliphatic rings. The van der Waals surface area contributed by atoms with Gasteiger partial charge in [0.15, 0.2) is 5.82 Å². The second-order valence-electron chi connectivity index (χ2n) is 6.16. The number of nitrogens with one attached hydrogen (secondary N) is 2. The molecule has 3 aromatic rings. The van der Waals surface area contributed by atoms with Gasteiger partial charge in [-0.3, -0.25) is 9.89 Å². The summed E-state index contributed by atoms with van der Waals surface area (Å²) >= 11 is 1.59. The minimum atomic E-state index is -0.0343. The zero-order valence-electron chi connectivity index (χ0n) is 14.4. The van der Waals surface area contributed by atoms with Gasteiger partial charge in [0, 0.05) is 16.8 Å². The molecule has 6 heteroatoms. The molecule has 2 aromatic carbocycles. The number of benzene rings is 2. The monoisotopic (exact) mass is 365 g/mol. The summed E-state index contributed by atoms with van der Waals surface area (Å²) in [5, 5.41) is 10.1. The zero-order valence-corrected chi connectivity index (χ0v) is 15.2. The standard InChI is InChI=1S/C20H19N3O2S/c1-13-18-19(26-12-17(24)21-20(18)23-22-13)15-9-5-6-10-16(15)25-11-14-7-3-2-4-8-14/h2-10,19H,11-12H2,1H3,(H2,21,22,23,24)/t19-/m0/s1. The number of anilines is 1. The van der Waals surface area contributed by atoms with Gasteiger partial charge >= 0.3 is 0 Å². The number of carbonyl (C=O) groups is 1. The molecule has 2 N–H and O–H groups in total. The number of carbonyl (C=O) groups excluding carboxylic acids is 1. The maximum Gasteiger partial charge on any atom is 0.235 e. The number of aromatic nitrogens is 2. The summed E-state index contributed by atoms with van der Waals surface area (Å²) in [6.45, 7) is 2.48. The minimum Gasteiger partial charge on any atom is -0.489 e. The van der Waals surface area contributed by atoms with Crippen molar-refractivity contribution in [3.05, 3.63) is 77.0 Å². The van der Waals surface area contributed by atoms with Crippen LogP contribution in [0, 0.1) is 6.92 Å². The minimum absolute atomic E-state index is 0.0188. The Morgan fingerprint density at radius 2 is 1.92 bits per heavy atom. The van der Waals surface area contributed by atoms with Crippen molar-refractivity contribution in [3.63, 3.8) is 0 Å². The largest absolute Gasteiger partial charge is 0.489 e. The lowest BCUT2D eigenvalue weighted by molar-refractivity contribution is -0.113. The van der Waals surface area contributed by atoms with Gasteiger partial charge in [-0.1, -0.05) is 48.5 Å². The number of aryl methyl sites for hydroxylation is 1. The Balaban J connectivity index is 1.67. The van der Waals surface area contributed by atoms with Gasteiger partial charge in [-0.2, -0.15) is 5.10 Å². The normalized spacial score (nSPS) is 16.5. The highest BCUT2D eigenvalue weighted by Crippen LogP contribution is 2.45. The fraction of sp³-hybridized carbons (Fsp3) is 0.200. The van der Waals surface area contributed by atoms with E-state index in [-0.39, 0.29) is 11.2 Å². The highest BCUT2D eigenvalue weighted by molar-refractivity contribution is 8.00. The molecule has 0 radical (unpaired) electrons. The number of fused-ring (bicyclic) bond motifs is 1. The highest BCUT2D eigenvalue weighted by Gasteiger charge is 2.29. The number of hydrogen-bond donors (Lipinski definition) is 2. The predicted molar refractivity (Wildman–Crippen MR) is 103 cm³/mol. The Bertz CT molecular complexity index is 924. The molecule has 0 unspecified atom stereocenters. The van der Waals surface area contributed by atoms with Gasteiger partial charge < -0.3 is 10.1 Å². The van der Waals surface area contributed by atoms with Gasteiger partial charge in [0.2, 0.25) is 5.91 Å². The van der Waals surface area contributed by atoms with E-state index in [1.807, 2.05) is 55.5 Å². The Labute approximate surface area is 156 Å². The van der Waals surface area contributed by atoms with Crippen LogP contribution < -0.4 is 10.1 Å². The molecule has 0 spiro atoms. The molecule has 2 heterocycles. The number of hydrogen-bond acceptors (Lipinski definition) is 4. The molecular formula is C20H19N3O2S. The Morgan fingerprint density at radius 1 is 1.15 bits per heavy atom. The van der Waals surface area contributed by atoms with Crippen LogP contribution >= 0.6 is 11.8 Å². The molecule has 5 nitrogen and oxygen atoms in total. The molecule has 1 amide bonds. The fourth-order valence-corrected chi connectivity index (χ4v) is 4.29. The maximum absolute atomic E-state index is 12.0. The smallest absolute Gasteiger partial charge is 0.235 e. The van der Waals surface area contributed by atoms with Gasteiger partial charge in [0.05, 0.1) is 11.0 Å². The third-order valence-electron chi connectivity index (χ3n) is 4.33. The summed E-state index contributed by atoms with van der Waals surface area (Å²) in [7, 11) is 0. The van der Waals surface area contributed by atoms with Crippen molar-refractivity contribution < 1.29 is 9.53 Å². The van der Waals surface area contributed by atoms with E-state index >= 15 is 0 Å². The van der Waals surface area contributed by atoms with Crippen LogP contribution in [0.15, 0.2) is 54.6 Å². The molecular weight excluding hydrogens is 346 g/mol. The molecule has 4 rings (SSSR count). The van der Waals surface area contributed by atoms with Gasteiger partial charge in [0.1, 0.15) is 12.4 Å². The van der Waals surface area contributed by atoms with E-state index < -0.39 is 0 Å². The molecule has 0 aliphatic carbocycles. The van der Waals surface area contributed by atoms with Gasteiger partial charge in [-0.15, -0.1) is 11.8 Å². The molecule has 0 saturated carbocycles. The first-order chi connectivity index (χ1) is 12.7. The Morgan fingerprint density at radius 3 is 2.77 bits per heavy atom. The first-order valence-corrected chi connectivity index (χ1v) is 9.49. The van der Waals surface area contributed by atoms with Crippen LogP contribution in [0.1, 0.15) is 27.6 Å². The number of aromatic amines is 1. The number of rotatable bonds is 4. The van der Waals surface area contributed by atoms with Gasteiger partial charge in [-0.05, 0) is 18.6 Å². The van der Waals surface area contributed by atoms with Gasteiger partial charge in [-0.25, -0.2) is 0 Å². The van der Waals surface area contributed by atoms with Crippen LogP contribution in [0.3, 0.4) is 0 Å². The van der Waals surface area contributed by atoms with Crippen molar-refractivity contribution in [3.8, 4) is 5.75 Å². The van der Waals surface area contributed by atoms with Crippen molar-refractivity contribution in [1.82, 2.24) is 10.2 Å².